The Morgan fingerprint density at radius 3 is 2.68 bits per heavy atom. The fourth-order valence-electron chi connectivity index (χ4n) is 2.48. The Morgan fingerprint density at radius 1 is 1.37 bits per heavy atom. The molecule has 0 N–H and O–H groups in total. The van der Waals surface area contributed by atoms with Crippen molar-refractivity contribution in [1.82, 2.24) is 9.88 Å². The summed E-state index contributed by atoms with van der Waals surface area (Å²) in [6, 6.07) is 4.88. The van der Waals surface area contributed by atoms with Crippen LogP contribution in [0, 0.1) is 5.95 Å². The highest BCUT2D eigenvalue weighted by molar-refractivity contribution is 5.36. The molecule has 0 aromatic carbocycles. The summed E-state index contributed by atoms with van der Waals surface area (Å²) < 4.78 is 18.8. The maximum absolute atomic E-state index is 13.1. The number of hydrogen-bond donors (Lipinski definition) is 0. The molecule has 0 unspecified atom stereocenters. The predicted molar refractivity (Wildman–Crippen MR) is 73.9 cm³/mol. The van der Waals surface area contributed by atoms with E-state index in [1.54, 1.807) is 6.07 Å². The zero-order valence-electron chi connectivity index (χ0n) is 11.8. The van der Waals surface area contributed by atoms with Crippen LogP contribution in [0.3, 0.4) is 0 Å². The van der Waals surface area contributed by atoms with Crippen molar-refractivity contribution in [3.05, 3.63) is 24.1 Å². The molecule has 19 heavy (non-hydrogen) atoms. The summed E-state index contributed by atoms with van der Waals surface area (Å²) in [6.45, 7) is 7.87. The maximum Gasteiger partial charge on any atom is 0.214 e. The first-order valence-corrected chi connectivity index (χ1v) is 6.76. The Morgan fingerprint density at radius 2 is 2.05 bits per heavy atom. The third-order valence-electron chi connectivity index (χ3n) is 3.34. The van der Waals surface area contributed by atoms with Gasteiger partial charge in [-0.2, -0.15) is 4.39 Å². The lowest BCUT2D eigenvalue weighted by Crippen LogP contribution is -2.47. The van der Waals surface area contributed by atoms with Gasteiger partial charge in [-0.05, 0) is 26.0 Å². The molecule has 0 amide bonds. The molecule has 1 fully saturated rings. The Labute approximate surface area is 114 Å². The average Bonchev–Trinajstić information content (AvgIpc) is 2.35. The molecule has 2 heterocycles. The van der Waals surface area contributed by atoms with Crippen LogP contribution in [0.25, 0.3) is 0 Å². The van der Waals surface area contributed by atoms with Gasteiger partial charge < -0.3 is 9.64 Å². The van der Waals surface area contributed by atoms with E-state index in [0.717, 1.165) is 26.2 Å². The summed E-state index contributed by atoms with van der Waals surface area (Å²) >= 11 is 0. The normalized spacial score (nSPS) is 24.4. The number of anilines is 1. The largest absolute Gasteiger partial charge is 0.373 e. The lowest BCUT2D eigenvalue weighted by molar-refractivity contribution is -0.0670. The van der Waals surface area contributed by atoms with Gasteiger partial charge in [0.1, 0.15) is 5.82 Å². The van der Waals surface area contributed by atoms with E-state index in [-0.39, 0.29) is 12.2 Å². The Balaban J connectivity index is 1.84. The molecule has 0 bridgehead atoms. The molecule has 1 saturated heterocycles. The molecule has 2 rings (SSSR count). The fourth-order valence-corrected chi connectivity index (χ4v) is 2.48. The molecule has 0 aliphatic carbocycles. The monoisotopic (exact) mass is 267 g/mol. The lowest BCUT2D eigenvalue weighted by Gasteiger charge is -2.36. The summed E-state index contributed by atoms with van der Waals surface area (Å²) in [5, 5.41) is 0. The van der Waals surface area contributed by atoms with Gasteiger partial charge in [0.25, 0.3) is 0 Å². The smallest absolute Gasteiger partial charge is 0.214 e. The van der Waals surface area contributed by atoms with Crippen LogP contribution in [0.1, 0.15) is 13.8 Å². The zero-order valence-corrected chi connectivity index (χ0v) is 11.8. The van der Waals surface area contributed by atoms with E-state index >= 15 is 0 Å². The summed E-state index contributed by atoms with van der Waals surface area (Å²) in [5.74, 6) is 0.243. The maximum atomic E-state index is 13.1. The summed E-state index contributed by atoms with van der Waals surface area (Å²) in [7, 11) is 1.94. The van der Waals surface area contributed by atoms with E-state index in [9.17, 15) is 4.39 Å². The Kier molecular flexibility index (Phi) is 4.71. The van der Waals surface area contributed by atoms with Crippen molar-refractivity contribution < 1.29 is 9.13 Å². The highest BCUT2D eigenvalue weighted by Crippen LogP contribution is 2.12. The molecule has 1 aliphatic rings. The molecule has 1 aliphatic heterocycles. The number of halogens is 1. The molecule has 1 aromatic rings. The van der Waals surface area contributed by atoms with E-state index in [2.05, 4.69) is 23.7 Å². The van der Waals surface area contributed by atoms with Gasteiger partial charge in [-0.1, -0.05) is 6.07 Å². The van der Waals surface area contributed by atoms with Crippen molar-refractivity contribution >= 4 is 5.82 Å². The molecule has 106 valence electrons. The molecular weight excluding hydrogens is 245 g/mol. The second-order valence-corrected chi connectivity index (χ2v) is 5.26. The standard InChI is InChI=1S/C14H22FN3O/c1-11-9-18(10-12(2)19-11)8-7-17(3)14-6-4-5-13(15)16-14/h4-6,11-12H,7-10H2,1-3H3/t11-,12+. The van der Waals surface area contributed by atoms with Crippen LogP contribution >= 0.6 is 0 Å². The highest BCUT2D eigenvalue weighted by Gasteiger charge is 2.21. The average molecular weight is 267 g/mol. The van der Waals surface area contributed by atoms with Gasteiger partial charge in [0.15, 0.2) is 0 Å². The van der Waals surface area contributed by atoms with Gasteiger partial charge in [0, 0.05) is 33.2 Å². The number of pyridine rings is 1. The van der Waals surface area contributed by atoms with Crippen molar-refractivity contribution in [1.29, 1.82) is 0 Å². The second-order valence-electron chi connectivity index (χ2n) is 5.26. The van der Waals surface area contributed by atoms with Crippen LogP contribution < -0.4 is 4.90 Å². The second kappa shape index (κ2) is 6.30. The van der Waals surface area contributed by atoms with Crippen LogP contribution in [-0.4, -0.2) is 55.3 Å². The lowest BCUT2D eigenvalue weighted by atomic mass is 10.2. The molecular formula is C14H22FN3O. The molecule has 4 nitrogen and oxygen atoms in total. The minimum Gasteiger partial charge on any atom is -0.373 e. The van der Waals surface area contributed by atoms with Crippen molar-refractivity contribution in [3.8, 4) is 0 Å². The number of rotatable bonds is 4. The summed E-state index contributed by atoms with van der Waals surface area (Å²) in [4.78, 5) is 8.25. The number of morpholine rings is 1. The molecule has 5 heteroatoms. The number of aromatic nitrogens is 1. The van der Waals surface area contributed by atoms with Crippen LogP contribution in [-0.2, 0) is 4.74 Å². The molecule has 0 radical (unpaired) electrons. The third-order valence-corrected chi connectivity index (χ3v) is 3.34. The minimum atomic E-state index is -0.432. The van der Waals surface area contributed by atoms with Crippen molar-refractivity contribution in [2.24, 2.45) is 0 Å². The molecule has 0 spiro atoms. The van der Waals surface area contributed by atoms with E-state index in [0.29, 0.717) is 5.82 Å². The van der Waals surface area contributed by atoms with E-state index in [4.69, 9.17) is 4.74 Å². The quantitative estimate of drug-likeness (QED) is 0.777. The van der Waals surface area contributed by atoms with E-state index < -0.39 is 5.95 Å². The van der Waals surface area contributed by atoms with Gasteiger partial charge in [-0.15, -0.1) is 0 Å². The topological polar surface area (TPSA) is 28.6 Å². The Bertz CT molecular complexity index is 405. The van der Waals surface area contributed by atoms with Gasteiger partial charge in [0.05, 0.1) is 12.2 Å². The van der Waals surface area contributed by atoms with Gasteiger partial charge in [-0.3, -0.25) is 4.90 Å². The van der Waals surface area contributed by atoms with Crippen molar-refractivity contribution in [2.75, 3.05) is 38.1 Å². The van der Waals surface area contributed by atoms with Gasteiger partial charge in [0.2, 0.25) is 5.95 Å². The minimum absolute atomic E-state index is 0.279. The Hall–Kier alpha value is -1.20. The van der Waals surface area contributed by atoms with Gasteiger partial charge in [-0.25, -0.2) is 4.98 Å². The number of hydrogen-bond acceptors (Lipinski definition) is 4. The molecule has 2 atom stereocenters. The first kappa shape index (κ1) is 14.2. The summed E-state index contributed by atoms with van der Waals surface area (Å²) in [5.41, 5.74) is 0. The van der Waals surface area contributed by atoms with Crippen molar-refractivity contribution in [3.63, 3.8) is 0 Å². The third kappa shape index (κ3) is 4.14. The first-order valence-electron chi connectivity index (χ1n) is 6.76. The molecule has 0 saturated carbocycles. The zero-order chi connectivity index (χ0) is 13.8. The van der Waals surface area contributed by atoms with Crippen LogP contribution in [0.4, 0.5) is 10.2 Å². The van der Waals surface area contributed by atoms with Gasteiger partial charge >= 0.3 is 0 Å². The predicted octanol–water partition coefficient (Wildman–Crippen LogP) is 1.77. The van der Waals surface area contributed by atoms with Crippen molar-refractivity contribution in [2.45, 2.75) is 26.1 Å². The van der Waals surface area contributed by atoms with Crippen LogP contribution in [0.5, 0.6) is 0 Å². The number of likely N-dealkylation sites (N-methyl/N-ethyl adjacent to an activating group) is 1. The van der Waals surface area contributed by atoms with E-state index in [1.165, 1.54) is 6.07 Å². The van der Waals surface area contributed by atoms with Crippen LogP contribution in [0.15, 0.2) is 18.2 Å². The highest BCUT2D eigenvalue weighted by atomic mass is 19.1. The fraction of sp³-hybridized carbons (Fsp3) is 0.643. The number of nitrogens with zero attached hydrogens (tertiary/aromatic N) is 3. The van der Waals surface area contributed by atoms with Crippen LogP contribution in [0.2, 0.25) is 0 Å². The SMILES string of the molecule is C[C@@H]1CN(CCN(C)c2cccc(F)n2)C[C@H](C)O1. The summed E-state index contributed by atoms with van der Waals surface area (Å²) in [6.07, 6.45) is 0.558. The number of ether oxygens (including phenoxy) is 1. The first-order chi connectivity index (χ1) is 9.04. The van der Waals surface area contributed by atoms with E-state index in [1.807, 2.05) is 18.0 Å². The molecule has 1 aromatic heterocycles.